The van der Waals surface area contributed by atoms with Gasteiger partial charge in [-0.3, -0.25) is 0 Å². The van der Waals surface area contributed by atoms with Crippen molar-refractivity contribution in [2.45, 2.75) is 0 Å². The molecule has 0 aliphatic heterocycles. The van der Waals surface area contributed by atoms with Crippen molar-refractivity contribution in [2.24, 2.45) is 0 Å². The van der Waals surface area contributed by atoms with E-state index in [4.69, 9.17) is 0 Å². The minimum atomic E-state index is 0. The second-order valence-electron chi connectivity index (χ2n) is 0. The van der Waals surface area contributed by atoms with Crippen LogP contribution in [0, 0.1) is 0 Å². The van der Waals surface area contributed by atoms with Crippen LogP contribution in [-0.4, -0.2) is 56.7 Å². The molecule has 9 heteroatoms. The minimum absolute atomic E-state index is 0. The summed E-state index contributed by atoms with van der Waals surface area (Å²) in [6.07, 6.45) is 0. The van der Waals surface area contributed by atoms with Crippen LogP contribution < -0.4 is 0 Å². The summed E-state index contributed by atoms with van der Waals surface area (Å²) in [5.41, 5.74) is 0. The van der Waals surface area contributed by atoms with E-state index < -0.39 is 0 Å². The van der Waals surface area contributed by atoms with Crippen molar-refractivity contribution in [1.29, 1.82) is 0 Å². The van der Waals surface area contributed by atoms with Crippen molar-refractivity contribution in [3.63, 3.8) is 0 Å². The Kier molecular flexibility index (Phi) is 3940. The second kappa shape index (κ2) is 162. The van der Waals surface area contributed by atoms with E-state index in [0.29, 0.717) is 0 Å². The summed E-state index contributed by atoms with van der Waals surface area (Å²) in [5.74, 6) is 0. The molecule has 0 amide bonds. The molecule has 0 bridgehead atoms. The molecule has 0 saturated carbocycles. The summed E-state index contributed by atoms with van der Waals surface area (Å²) in [5, 5.41) is 0. The summed E-state index contributed by atoms with van der Waals surface area (Å²) in [4.78, 5) is 0. The van der Waals surface area contributed by atoms with Gasteiger partial charge in [-0.15, -0.1) is 0 Å². The van der Waals surface area contributed by atoms with E-state index >= 15 is 0 Å². The van der Waals surface area contributed by atoms with E-state index in [-0.39, 0.29) is 106 Å². The van der Waals surface area contributed by atoms with Crippen molar-refractivity contribution < 1.29 is 49.4 Å². The van der Waals surface area contributed by atoms with Crippen LogP contribution in [-0.2, 0) is 49.4 Å². The van der Waals surface area contributed by atoms with Crippen LogP contribution in [0.1, 0.15) is 0 Å². The van der Waals surface area contributed by atoms with Gasteiger partial charge in [-0.2, -0.15) is 0 Å². The molecule has 0 aliphatic rings. The van der Waals surface area contributed by atoms with Gasteiger partial charge in [-0.1, -0.05) is 0 Å². The SMILES string of the molecule is [Al+3].[Al+3].[Ni].[Ni].[O-2].[O-2].[O-2].[Si].[Si]. The van der Waals surface area contributed by atoms with Crippen molar-refractivity contribution in [3.05, 3.63) is 0 Å². The molecular formula is Al2Ni2O3Si2. The quantitative estimate of drug-likeness (QED) is 0.463. The van der Waals surface area contributed by atoms with E-state index in [2.05, 4.69) is 0 Å². The molecule has 9 heavy (non-hydrogen) atoms. The second-order valence-corrected chi connectivity index (χ2v) is 0. The maximum atomic E-state index is 0. The Balaban J connectivity index is 0. The first-order valence-corrected chi connectivity index (χ1v) is 0. The van der Waals surface area contributed by atoms with Crippen LogP contribution in [0.2, 0.25) is 0 Å². The average molecular weight is 276 g/mol. The zero-order valence-corrected chi connectivity index (χ0v) is 10.3. The molecule has 0 N–H and O–H groups in total. The third kappa shape index (κ3) is 130. The predicted molar refractivity (Wildman–Crippen MR) is 25.1 cm³/mol. The molecule has 0 aromatic carbocycles. The van der Waals surface area contributed by atoms with Crippen molar-refractivity contribution in [2.75, 3.05) is 0 Å². The fourth-order valence-corrected chi connectivity index (χ4v) is 0. The molecule has 0 atom stereocenters. The van der Waals surface area contributed by atoms with E-state index in [0.717, 1.165) is 0 Å². The van der Waals surface area contributed by atoms with Crippen LogP contribution in [0.25, 0.3) is 0 Å². The van der Waals surface area contributed by atoms with Gasteiger partial charge in [0.05, 0.1) is 0 Å². The Morgan fingerprint density at radius 1 is 0.444 bits per heavy atom. The molecule has 0 fully saturated rings. The van der Waals surface area contributed by atoms with Gasteiger partial charge in [0.25, 0.3) is 0 Å². The fourth-order valence-electron chi connectivity index (χ4n) is 0. The van der Waals surface area contributed by atoms with E-state index in [1.807, 2.05) is 0 Å². The maximum Gasteiger partial charge on any atom is 3.00 e. The molecule has 0 rings (SSSR count). The van der Waals surface area contributed by atoms with Gasteiger partial charge in [0.1, 0.15) is 0 Å². The van der Waals surface area contributed by atoms with E-state index in [9.17, 15) is 0 Å². The van der Waals surface area contributed by atoms with Gasteiger partial charge < -0.3 is 16.4 Å². The van der Waals surface area contributed by atoms with Crippen molar-refractivity contribution in [1.82, 2.24) is 0 Å². The van der Waals surface area contributed by atoms with Crippen LogP contribution in [0.3, 0.4) is 0 Å². The fraction of sp³-hybridized carbons (Fsp3) is 0. The number of hydrogen-bond donors (Lipinski definition) is 0. The van der Waals surface area contributed by atoms with Gasteiger partial charge in [-0.05, 0) is 0 Å². The summed E-state index contributed by atoms with van der Waals surface area (Å²) in [7, 11) is 0. The minimum Gasteiger partial charge on any atom is -2.00 e. The topological polar surface area (TPSA) is 85.5 Å². The van der Waals surface area contributed by atoms with Gasteiger partial charge in [-0.25, -0.2) is 0 Å². The molecule has 0 aromatic heterocycles. The molecule has 8 radical (unpaired) electrons. The van der Waals surface area contributed by atoms with Crippen LogP contribution >= 0.6 is 0 Å². The molecule has 0 aliphatic carbocycles. The normalized spacial score (nSPS) is 0. The number of rotatable bonds is 0. The largest absolute Gasteiger partial charge is 3.00 e. The van der Waals surface area contributed by atoms with Crippen molar-refractivity contribution >= 4 is 56.7 Å². The van der Waals surface area contributed by atoms with Gasteiger partial charge >= 0.3 is 34.7 Å². The van der Waals surface area contributed by atoms with E-state index in [1.54, 1.807) is 0 Å². The molecular weight excluding hydrogens is 276 g/mol. The molecule has 0 heterocycles. The zero-order valence-electron chi connectivity index (χ0n) is 4.01. The van der Waals surface area contributed by atoms with Crippen molar-refractivity contribution in [3.8, 4) is 0 Å². The molecule has 3 nitrogen and oxygen atoms in total. The predicted octanol–water partition coefficient (Wildman–Crippen LogP) is -1.88. The van der Waals surface area contributed by atoms with Gasteiger partial charge in [0, 0.05) is 54.9 Å². The van der Waals surface area contributed by atoms with E-state index in [1.165, 1.54) is 0 Å². The summed E-state index contributed by atoms with van der Waals surface area (Å²) in [6.45, 7) is 0. The summed E-state index contributed by atoms with van der Waals surface area (Å²) in [6, 6.07) is 0. The standard InChI is InChI=1S/2Al.2Ni.3O.2Si/q2*+3;;;3*-2;;. The average Bonchev–Trinajstić information content (AvgIpc) is 0. The smallest absolute Gasteiger partial charge is 2.00 e. The third-order valence-electron chi connectivity index (χ3n) is 0. The first-order chi connectivity index (χ1) is 0. The Morgan fingerprint density at radius 3 is 0.444 bits per heavy atom. The first kappa shape index (κ1) is 218. The molecule has 0 unspecified atom stereocenters. The molecule has 0 spiro atoms. The molecule has 0 saturated heterocycles. The first-order valence-electron chi connectivity index (χ1n) is 0. The zero-order chi connectivity index (χ0) is 0. The molecule has 0 aromatic rings. The van der Waals surface area contributed by atoms with Gasteiger partial charge in [0.2, 0.25) is 0 Å². The Morgan fingerprint density at radius 2 is 0.444 bits per heavy atom. The van der Waals surface area contributed by atoms with Crippen LogP contribution in [0.5, 0.6) is 0 Å². The Labute approximate surface area is 105 Å². The monoisotopic (exact) mass is 274 g/mol. The summed E-state index contributed by atoms with van der Waals surface area (Å²) >= 11 is 0. The van der Waals surface area contributed by atoms with Crippen LogP contribution in [0.4, 0.5) is 0 Å². The number of hydrogen-bond acceptors (Lipinski definition) is 0. The Hall–Kier alpha value is 2.37. The third-order valence-corrected chi connectivity index (χ3v) is 0. The van der Waals surface area contributed by atoms with Gasteiger partial charge in [0.15, 0.2) is 0 Å². The maximum absolute atomic E-state index is 0. The van der Waals surface area contributed by atoms with Crippen LogP contribution in [0.15, 0.2) is 0 Å². The Bertz CT molecular complexity index is 17.8. The molecule has 52 valence electrons. The summed E-state index contributed by atoms with van der Waals surface area (Å²) < 4.78 is 0.